The van der Waals surface area contributed by atoms with E-state index < -0.39 is 41.4 Å². The highest BCUT2D eigenvalue weighted by Crippen LogP contribution is 2.36. The average Bonchev–Trinajstić information content (AvgIpc) is 3.04. The molecule has 0 saturated carbocycles. The molecular formula is C20H28N2O6. The lowest BCUT2D eigenvalue weighted by atomic mass is 9.85. The Labute approximate surface area is 164 Å². The van der Waals surface area contributed by atoms with Crippen molar-refractivity contribution in [3.63, 3.8) is 0 Å². The van der Waals surface area contributed by atoms with Gasteiger partial charge in [0.1, 0.15) is 6.04 Å². The van der Waals surface area contributed by atoms with Gasteiger partial charge in [0.05, 0.1) is 18.8 Å². The predicted octanol–water partition coefficient (Wildman–Crippen LogP) is 1.27. The standard InChI is InChI=1S/C20H28N2O6/c1-3-7-16(18(24)25)22-11-15(28-12-14-8-5-4-6-9-14)10-20(22,19(26)27)17(23)13(2)21/h4-6,8-9,13,15-16H,3,7,10-12,21H2,1-2H3,(H,24,25)(H,26,27). The lowest BCUT2D eigenvalue weighted by Gasteiger charge is -2.37. The predicted molar refractivity (Wildman–Crippen MR) is 102 cm³/mol. The Morgan fingerprint density at radius 2 is 1.93 bits per heavy atom. The zero-order chi connectivity index (χ0) is 20.9. The second-order valence-corrected chi connectivity index (χ2v) is 7.24. The van der Waals surface area contributed by atoms with Crippen LogP contribution in [-0.4, -0.2) is 63.1 Å². The number of hydrogen-bond donors (Lipinski definition) is 3. The molecule has 0 amide bonds. The summed E-state index contributed by atoms with van der Waals surface area (Å²) in [5.41, 5.74) is 4.63. The van der Waals surface area contributed by atoms with Crippen molar-refractivity contribution >= 4 is 17.7 Å². The smallest absolute Gasteiger partial charge is 0.332 e. The number of carbonyl (C=O) groups excluding carboxylic acids is 1. The lowest BCUT2D eigenvalue weighted by Crippen LogP contribution is -2.64. The molecule has 28 heavy (non-hydrogen) atoms. The molecule has 1 saturated heterocycles. The van der Waals surface area contributed by atoms with Crippen LogP contribution in [0.4, 0.5) is 0 Å². The first-order valence-corrected chi connectivity index (χ1v) is 9.42. The van der Waals surface area contributed by atoms with Crippen LogP contribution in [0.3, 0.4) is 0 Å². The summed E-state index contributed by atoms with van der Waals surface area (Å²) in [5.74, 6) is -3.25. The van der Waals surface area contributed by atoms with Crippen molar-refractivity contribution < 1.29 is 29.3 Å². The van der Waals surface area contributed by atoms with Crippen LogP contribution in [0.15, 0.2) is 30.3 Å². The number of Topliss-reactive ketones (excluding diaryl/α,β-unsaturated/α-hetero) is 1. The van der Waals surface area contributed by atoms with Crippen molar-refractivity contribution in [2.24, 2.45) is 5.73 Å². The number of hydrogen-bond acceptors (Lipinski definition) is 6. The number of nitrogens with zero attached hydrogens (tertiary/aromatic N) is 1. The topological polar surface area (TPSA) is 130 Å². The highest BCUT2D eigenvalue weighted by Gasteiger charge is 2.60. The molecule has 0 bridgehead atoms. The molecule has 4 unspecified atom stereocenters. The number of aliphatic carboxylic acids is 2. The number of rotatable bonds is 10. The summed E-state index contributed by atoms with van der Waals surface area (Å²) in [6, 6.07) is 7.21. The number of likely N-dealkylation sites (tertiary alicyclic amines) is 1. The largest absolute Gasteiger partial charge is 0.480 e. The molecule has 1 aliphatic heterocycles. The Hall–Kier alpha value is -2.29. The molecule has 0 aromatic heterocycles. The van der Waals surface area contributed by atoms with Crippen LogP contribution in [0.1, 0.15) is 38.7 Å². The van der Waals surface area contributed by atoms with E-state index in [1.165, 1.54) is 11.8 Å². The number of nitrogens with two attached hydrogens (primary N) is 1. The van der Waals surface area contributed by atoms with E-state index in [0.29, 0.717) is 6.42 Å². The van der Waals surface area contributed by atoms with Gasteiger partial charge in [0.25, 0.3) is 0 Å². The van der Waals surface area contributed by atoms with Gasteiger partial charge in [0.15, 0.2) is 11.3 Å². The summed E-state index contributed by atoms with van der Waals surface area (Å²) >= 11 is 0. The highest BCUT2D eigenvalue weighted by molar-refractivity contribution is 6.10. The number of ether oxygens (including phenoxy) is 1. The van der Waals surface area contributed by atoms with Crippen molar-refractivity contribution in [2.75, 3.05) is 6.54 Å². The van der Waals surface area contributed by atoms with Crippen LogP contribution in [0, 0.1) is 0 Å². The van der Waals surface area contributed by atoms with Gasteiger partial charge in [-0.15, -0.1) is 0 Å². The van der Waals surface area contributed by atoms with Gasteiger partial charge in [-0.1, -0.05) is 43.7 Å². The molecule has 1 aromatic carbocycles. The fraction of sp³-hybridized carbons (Fsp3) is 0.550. The van der Waals surface area contributed by atoms with Crippen LogP contribution >= 0.6 is 0 Å². The summed E-state index contributed by atoms with van der Waals surface area (Å²) in [4.78, 5) is 38.3. The van der Waals surface area contributed by atoms with E-state index >= 15 is 0 Å². The third kappa shape index (κ3) is 4.40. The first-order chi connectivity index (χ1) is 13.2. The minimum Gasteiger partial charge on any atom is -0.480 e. The summed E-state index contributed by atoms with van der Waals surface area (Å²) in [6.45, 7) is 3.51. The fourth-order valence-electron chi connectivity index (χ4n) is 3.80. The van der Waals surface area contributed by atoms with Gasteiger partial charge < -0.3 is 20.7 Å². The van der Waals surface area contributed by atoms with Crippen molar-refractivity contribution in [1.29, 1.82) is 0 Å². The third-order valence-corrected chi connectivity index (χ3v) is 5.14. The number of benzene rings is 1. The Bertz CT molecular complexity index is 708. The van der Waals surface area contributed by atoms with Crippen molar-refractivity contribution in [3.8, 4) is 0 Å². The van der Waals surface area contributed by atoms with Crippen LogP contribution < -0.4 is 5.73 Å². The third-order valence-electron chi connectivity index (χ3n) is 5.14. The van der Waals surface area contributed by atoms with E-state index in [-0.39, 0.29) is 26.0 Å². The van der Waals surface area contributed by atoms with Gasteiger partial charge >= 0.3 is 11.9 Å². The van der Waals surface area contributed by atoms with Gasteiger partial charge in [0, 0.05) is 13.0 Å². The highest BCUT2D eigenvalue weighted by atomic mass is 16.5. The van der Waals surface area contributed by atoms with Crippen LogP contribution in [-0.2, 0) is 25.7 Å². The maximum Gasteiger partial charge on any atom is 0.332 e. The molecule has 0 aliphatic carbocycles. The molecule has 8 heteroatoms. The molecule has 0 radical (unpaired) electrons. The minimum atomic E-state index is -2.01. The molecule has 2 rings (SSSR count). The van der Waals surface area contributed by atoms with Gasteiger partial charge in [-0.25, -0.2) is 4.79 Å². The normalized spacial score (nSPS) is 24.6. The second kappa shape index (κ2) is 9.27. The van der Waals surface area contributed by atoms with E-state index in [1.807, 2.05) is 37.3 Å². The van der Waals surface area contributed by atoms with Crippen molar-refractivity contribution in [1.82, 2.24) is 4.90 Å². The zero-order valence-corrected chi connectivity index (χ0v) is 16.2. The summed E-state index contributed by atoms with van der Waals surface area (Å²) in [7, 11) is 0. The second-order valence-electron chi connectivity index (χ2n) is 7.24. The van der Waals surface area contributed by atoms with Crippen LogP contribution in [0.5, 0.6) is 0 Å². The first-order valence-electron chi connectivity index (χ1n) is 9.42. The van der Waals surface area contributed by atoms with E-state index in [4.69, 9.17) is 10.5 Å². The van der Waals surface area contributed by atoms with Gasteiger partial charge in [0.2, 0.25) is 0 Å². The number of carboxylic acid groups (broad SMARTS) is 2. The molecule has 8 nitrogen and oxygen atoms in total. The zero-order valence-electron chi connectivity index (χ0n) is 16.2. The summed E-state index contributed by atoms with van der Waals surface area (Å²) in [5, 5.41) is 19.7. The fourth-order valence-corrected chi connectivity index (χ4v) is 3.80. The number of carbonyl (C=O) groups is 3. The Morgan fingerprint density at radius 3 is 2.43 bits per heavy atom. The van der Waals surface area contributed by atoms with Gasteiger partial charge in [-0.3, -0.25) is 14.5 Å². The van der Waals surface area contributed by atoms with Crippen LogP contribution in [0.2, 0.25) is 0 Å². The average molecular weight is 392 g/mol. The molecule has 1 aromatic rings. The van der Waals surface area contributed by atoms with Crippen molar-refractivity contribution in [2.45, 2.75) is 63.4 Å². The SMILES string of the molecule is CCCC(C(=O)O)N1CC(OCc2ccccc2)CC1(C(=O)O)C(=O)C(C)N. The summed E-state index contributed by atoms with van der Waals surface area (Å²) in [6.07, 6.45) is 0.0218. The molecule has 4 N–H and O–H groups in total. The number of ketones is 1. The minimum absolute atomic E-state index is 0.0363. The summed E-state index contributed by atoms with van der Waals surface area (Å²) < 4.78 is 5.87. The van der Waals surface area contributed by atoms with Crippen molar-refractivity contribution in [3.05, 3.63) is 35.9 Å². The molecule has 4 atom stereocenters. The molecule has 1 heterocycles. The van der Waals surface area contributed by atoms with E-state index in [0.717, 1.165) is 5.56 Å². The lowest BCUT2D eigenvalue weighted by molar-refractivity contribution is -0.161. The van der Waals surface area contributed by atoms with E-state index in [2.05, 4.69) is 0 Å². The molecule has 0 spiro atoms. The number of carboxylic acids is 2. The maximum atomic E-state index is 12.9. The maximum absolute atomic E-state index is 12.9. The monoisotopic (exact) mass is 392 g/mol. The van der Waals surface area contributed by atoms with E-state index in [9.17, 15) is 24.6 Å². The molecule has 1 fully saturated rings. The van der Waals surface area contributed by atoms with Crippen LogP contribution in [0.25, 0.3) is 0 Å². The molecular weight excluding hydrogens is 364 g/mol. The molecule has 1 aliphatic rings. The van der Waals surface area contributed by atoms with E-state index in [1.54, 1.807) is 0 Å². The quantitative estimate of drug-likeness (QED) is 0.508. The van der Waals surface area contributed by atoms with Gasteiger partial charge in [-0.2, -0.15) is 0 Å². The van der Waals surface area contributed by atoms with Gasteiger partial charge in [-0.05, 0) is 18.9 Å². The Kier molecular flexibility index (Phi) is 7.29. The molecule has 154 valence electrons. The Balaban J connectivity index is 2.35. The first kappa shape index (κ1) is 22.0. The Morgan fingerprint density at radius 1 is 1.29 bits per heavy atom.